The van der Waals surface area contributed by atoms with Crippen molar-refractivity contribution in [3.05, 3.63) is 92.4 Å². The van der Waals surface area contributed by atoms with Gasteiger partial charge in [0, 0.05) is 5.02 Å². The van der Waals surface area contributed by atoms with Gasteiger partial charge in [0.1, 0.15) is 0 Å². The lowest BCUT2D eigenvalue weighted by atomic mass is 10.2. The maximum absolute atomic E-state index is 12.4. The number of rotatable bonds is 6. The summed E-state index contributed by atoms with van der Waals surface area (Å²) in [4.78, 5) is 24.5. The first-order valence-corrected chi connectivity index (χ1v) is 9.95. The van der Waals surface area contributed by atoms with E-state index < -0.39 is 11.9 Å². The number of esters is 1. The molecule has 0 heterocycles. The van der Waals surface area contributed by atoms with E-state index in [1.54, 1.807) is 48.5 Å². The van der Waals surface area contributed by atoms with E-state index in [0.29, 0.717) is 16.3 Å². The summed E-state index contributed by atoms with van der Waals surface area (Å²) in [5.41, 5.74) is 3.45. The molecule has 0 spiro atoms. The Balaban J connectivity index is 1.70. The summed E-state index contributed by atoms with van der Waals surface area (Å²) in [5.74, 6) is -0.592. The van der Waals surface area contributed by atoms with E-state index in [9.17, 15) is 9.59 Å². The molecule has 3 rings (SSSR count). The third-order valence-electron chi connectivity index (χ3n) is 4.04. The lowest BCUT2D eigenvalue weighted by molar-refractivity contribution is 0.0729. The number of carbonyl (C=O) groups is 2. The molecule has 0 bridgehead atoms. The summed E-state index contributed by atoms with van der Waals surface area (Å²) in [6.45, 7) is 0. The van der Waals surface area contributed by atoms with Crippen molar-refractivity contribution in [2.45, 2.75) is 0 Å². The van der Waals surface area contributed by atoms with Crippen LogP contribution < -0.4 is 14.9 Å². The maximum Gasteiger partial charge on any atom is 0.345 e. The molecule has 3 aromatic carbocycles. The van der Waals surface area contributed by atoms with Gasteiger partial charge in [-0.3, -0.25) is 4.79 Å². The standard InChI is InChI=1S/C22H15Cl3N2O4/c1-30-20-10-13(12-26-27-21(28)15-8-7-14(23)11-18(15)25)6-9-19(20)31-22(29)16-4-2-3-5-17(16)24/h2-12H,1H3,(H,27,28)/b26-12-. The molecule has 0 radical (unpaired) electrons. The van der Waals surface area contributed by atoms with Gasteiger partial charge in [0.05, 0.1) is 34.5 Å². The Hall–Kier alpha value is -3.06. The van der Waals surface area contributed by atoms with Gasteiger partial charge < -0.3 is 9.47 Å². The Morgan fingerprint density at radius 3 is 2.39 bits per heavy atom. The molecule has 3 aromatic rings. The summed E-state index contributed by atoms with van der Waals surface area (Å²) < 4.78 is 10.7. The molecule has 0 aliphatic heterocycles. The number of hydrogen-bond acceptors (Lipinski definition) is 5. The average molecular weight is 478 g/mol. The van der Waals surface area contributed by atoms with Crippen molar-refractivity contribution in [1.82, 2.24) is 5.43 Å². The molecular formula is C22H15Cl3N2O4. The lowest BCUT2D eigenvalue weighted by Gasteiger charge is -2.10. The molecule has 0 fully saturated rings. The van der Waals surface area contributed by atoms with E-state index in [1.807, 2.05) is 0 Å². The van der Waals surface area contributed by atoms with Crippen LogP contribution in [0.5, 0.6) is 11.5 Å². The van der Waals surface area contributed by atoms with Gasteiger partial charge in [0.15, 0.2) is 11.5 Å². The SMILES string of the molecule is COc1cc(/C=N\NC(=O)c2ccc(Cl)cc2Cl)ccc1OC(=O)c1ccccc1Cl. The van der Waals surface area contributed by atoms with E-state index in [0.717, 1.165) is 0 Å². The number of nitrogens with zero attached hydrogens (tertiary/aromatic N) is 1. The molecule has 0 aliphatic carbocycles. The zero-order valence-electron chi connectivity index (χ0n) is 16.1. The van der Waals surface area contributed by atoms with Gasteiger partial charge in [-0.2, -0.15) is 5.10 Å². The van der Waals surface area contributed by atoms with Crippen LogP contribution in [-0.4, -0.2) is 25.2 Å². The smallest absolute Gasteiger partial charge is 0.345 e. The predicted octanol–water partition coefficient (Wildman–Crippen LogP) is 5.64. The van der Waals surface area contributed by atoms with Crippen molar-refractivity contribution in [3.8, 4) is 11.5 Å². The molecule has 1 amide bonds. The van der Waals surface area contributed by atoms with Crippen molar-refractivity contribution in [2.24, 2.45) is 5.10 Å². The van der Waals surface area contributed by atoms with E-state index >= 15 is 0 Å². The minimum Gasteiger partial charge on any atom is -0.493 e. The van der Waals surface area contributed by atoms with Crippen molar-refractivity contribution in [3.63, 3.8) is 0 Å². The second-order valence-electron chi connectivity index (χ2n) is 6.10. The summed E-state index contributed by atoms with van der Waals surface area (Å²) in [6, 6.07) is 15.9. The Labute approximate surface area is 193 Å². The third kappa shape index (κ3) is 5.76. The second kappa shape index (κ2) is 10.3. The fourth-order valence-corrected chi connectivity index (χ4v) is 3.24. The highest BCUT2D eigenvalue weighted by atomic mass is 35.5. The Bertz CT molecular complexity index is 1170. The predicted molar refractivity (Wildman–Crippen MR) is 121 cm³/mol. The Kier molecular flexibility index (Phi) is 7.52. The van der Waals surface area contributed by atoms with Gasteiger partial charge in [-0.15, -0.1) is 0 Å². The maximum atomic E-state index is 12.4. The minimum atomic E-state index is -0.613. The number of amides is 1. The summed E-state index contributed by atoms with van der Waals surface area (Å²) in [5, 5.41) is 4.83. The summed E-state index contributed by atoms with van der Waals surface area (Å²) in [6.07, 6.45) is 1.41. The lowest BCUT2D eigenvalue weighted by Crippen LogP contribution is -2.18. The molecule has 9 heteroatoms. The largest absolute Gasteiger partial charge is 0.493 e. The number of ether oxygens (including phenoxy) is 2. The number of halogens is 3. The molecule has 158 valence electrons. The van der Waals surface area contributed by atoms with E-state index in [-0.39, 0.29) is 26.9 Å². The van der Waals surface area contributed by atoms with Crippen LogP contribution in [0, 0.1) is 0 Å². The number of carbonyl (C=O) groups excluding carboxylic acids is 2. The van der Waals surface area contributed by atoms with Crippen LogP contribution in [-0.2, 0) is 0 Å². The highest BCUT2D eigenvalue weighted by Crippen LogP contribution is 2.29. The van der Waals surface area contributed by atoms with Crippen molar-refractivity contribution in [1.29, 1.82) is 0 Å². The fraction of sp³-hybridized carbons (Fsp3) is 0.0455. The van der Waals surface area contributed by atoms with Crippen LogP contribution in [0.25, 0.3) is 0 Å². The second-order valence-corrected chi connectivity index (χ2v) is 7.35. The number of benzene rings is 3. The van der Waals surface area contributed by atoms with Crippen LogP contribution >= 0.6 is 34.8 Å². The van der Waals surface area contributed by atoms with Gasteiger partial charge in [-0.1, -0.05) is 46.9 Å². The van der Waals surface area contributed by atoms with Crippen LogP contribution in [0.3, 0.4) is 0 Å². The highest BCUT2D eigenvalue weighted by molar-refractivity contribution is 6.36. The van der Waals surface area contributed by atoms with Gasteiger partial charge in [-0.05, 0) is 54.1 Å². The molecule has 6 nitrogen and oxygen atoms in total. The molecular weight excluding hydrogens is 463 g/mol. The van der Waals surface area contributed by atoms with Crippen LogP contribution in [0.15, 0.2) is 65.8 Å². The molecule has 0 unspecified atom stereocenters. The molecule has 0 aliphatic rings. The van der Waals surface area contributed by atoms with E-state index in [2.05, 4.69) is 10.5 Å². The molecule has 0 atom stereocenters. The molecule has 0 saturated heterocycles. The zero-order valence-corrected chi connectivity index (χ0v) is 18.3. The van der Waals surface area contributed by atoms with Crippen molar-refractivity contribution < 1.29 is 19.1 Å². The van der Waals surface area contributed by atoms with E-state index in [1.165, 1.54) is 25.5 Å². The topological polar surface area (TPSA) is 77.0 Å². The first-order chi connectivity index (χ1) is 14.9. The van der Waals surface area contributed by atoms with Crippen LogP contribution in [0.4, 0.5) is 0 Å². The van der Waals surface area contributed by atoms with Crippen molar-refractivity contribution in [2.75, 3.05) is 7.11 Å². The third-order valence-corrected chi connectivity index (χ3v) is 4.92. The van der Waals surface area contributed by atoms with Gasteiger partial charge in [0.2, 0.25) is 0 Å². The number of hydrogen-bond donors (Lipinski definition) is 1. The quantitative estimate of drug-likeness (QED) is 0.216. The number of nitrogens with one attached hydrogen (secondary N) is 1. The van der Waals surface area contributed by atoms with Crippen molar-refractivity contribution >= 4 is 52.9 Å². The van der Waals surface area contributed by atoms with Gasteiger partial charge in [0.25, 0.3) is 5.91 Å². The zero-order chi connectivity index (χ0) is 22.4. The van der Waals surface area contributed by atoms with E-state index in [4.69, 9.17) is 44.3 Å². The Morgan fingerprint density at radius 1 is 0.903 bits per heavy atom. The normalized spacial score (nSPS) is 10.7. The monoisotopic (exact) mass is 476 g/mol. The number of methoxy groups -OCH3 is 1. The average Bonchev–Trinajstić information content (AvgIpc) is 2.74. The van der Waals surface area contributed by atoms with Crippen LogP contribution in [0.1, 0.15) is 26.3 Å². The minimum absolute atomic E-state index is 0.210. The Morgan fingerprint density at radius 2 is 1.68 bits per heavy atom. The van der Waals surface area contributed by atoms with Gasteiger partial charge in [-0.25, -0.2) is 10.2 Å². The molecule has 1 N–H and O–H groups in total. The fourth-order valence-electron chi connectivity index (χ4n) is 2.53. The molecule has 0 saturated carbocycles. The number of hydrazone groups is 1. The first-order valence-electron chi connectivity index (χ1n) is 8.82. The summed E-state index contributed by atoms with van der Waals surface area (Å²) in [7, 11) is 1.44. The van der Waals surface area contributed by atoms with Crippen LogP contribution in [0.2, 0.25) is 15.1 Å². The molecule has 0 aromatic heterocycles. The van der Waals surface area contributed by atoms with Gasteiger partial charge >= 0.3 is 5.97 Å². The molecule has 31 heavy (non-hydrogen) atoms. The highest BCUT2D eigenvalue weighted by Gasteiger charge is 2.15. The summed E-state index contributed by atoms with van der Waals surface area (Å²) >= 11 is 17.9. The first kappa shape index (κ1) is 22.6.